The molecule has 2 rings (SSSR count). The Balaban J connectivity index is 2.13. The highest BCUT2D eigenvalue weighted by molar-refractivity contribution is 5.86. The third kappa shape index (κ3) is 6.13. The predicted molar refractivity (Wildman–Crippen MR) is 108 cm³/mol. The molecule has 146 valence electrons. The van der Waals surface area contributed by atoms with E-state index in [0.717, 1.165) is 23.2 Å². The van der Waals surface area contributed by atoms with Crippen molar-refractivity contribution in [2.45, 2.75) is 32.9 Å². The van der Waals surface area contributed by atoms with Crippen molar-refractivity contribution in [3.63, 3.8) is 0 Å². The standard InChI is InChI=1S/C20H30N6O/c1-6-18-17(14-26(5)24-18)12-21-20(22-13-19(27)25(3)4)23-15(2)16-10-8-7-9-11-16/h7-11,14-15H,6,12-13H2,1-5H3,(H2,21,22,23). The van der Waals surface area contributed by atoms with Gasteiger partial charge in [0.05, 0.1) is 24.8 Å². The molecule has 0 saturated heterocycles. The number of rotatable bonds is 7. The molecule has 1 heterocycles. The molecular formula is C20H30N6O. The van der Waals surface area contributed by atoms with Crippen molar-refractivity contribution < 1.29 is 4.79 Å². The average molecular weight is 371 g/mol. The fraction of sp³-hybridized carbons (Fsp3) is 0.450. The number of carbonyl (C=O) groups is 1. The van der Waals surface area contributed by atoms with E-state index in [2.05, 4.69) is 46.7 Å². The number of amides is 1. The summed E-state index contributed by atoms with van der Waals surface area (Å²) in [6.07, 6.45) is 2.85. The van der Waals surface area contributed by atoms with Crippen molar-refractivity contribution in [2.24, 2.45) is 12.0 Å². The van der Waals surface area contributed by atoms with Crippen LogP contribution in [-0.4, -0.2) is 47.2 Å². The molecule has 1 atom stereocenters. The van der Waals surface area contributed by atoms with Crippen LogP contribution in [0.3, 0.4) is 0 Å². The Morgan fingerprint density at radius 1 is 1.30 bits per heavy atom. The molecular weight excluding hydrogens is 340 g/mol. The molecule has 0 saturated carbocycles. The average Bonchev–Trinajstić information content (AvgIpc) is 3.03. The first kappa shape index (κ1) is 20.5. The van der Waals surface area contributed by atoms with Gasteiger partial charge in [0, 0.05) is 32.9 Å². The largest absolute Gasteiger partial charge is 0.350 e. The Morgan fingerprint density at radius 3 is 2.63 bits per heavy atom. The molecule has 7 nitrogen and oxygen atoms in total. The zero-order valence-electron chi connectivity index (χ0n) is 16.9. The normalized spacial score (nSPS) is 12.6. The fourth-order valence-electron chi connectivity index (χ4n) is 2.68. The minimum absolute atomic E-state index is 0.00695. The Morgan fingerprint density at radius 2 is 2.00 bits per heavy atom. The fourth-order valence-corrected chi connectivity index (χ4v) is 2.68. The number of carbonyl (C=O) groups excluding carboxylic acids is 1. The topological polar surface area (TPSA) is 74.5 Å². The lowest BCUT2D eigenvalue weighted by molar-refractivity contribution is -0.127. The first-order valence-electron chi connectivity index (χ1n) is 9.22. The van der Waals surface area contributed by atoms with Crippen LogP contribution in [-0.2, 0) is 24.8 Å². The van der Waals surface area contributed by atoms with Crippen LogP contribution in [0, 0.1) is 0 Å². The summed E-state index contributed by atoms with van der Waals surface area (Å²) in [5.41, 5.74) is 3.29. The number of likely N-dealkylation sites (N-methyl/N-ethyl adjacent to an activating group) is 1. The van der Waals surface area contributed by atoms with Crippen molar-refractivity contribution in [3.05, 3.63) is 53.3 Å². The molecule has 2 aromatic rings. The Kier molecular flexibility index (Phi) is 7.40. The maximum Gasteiger partial charge on any atom is 0.241 e. The molecule has 7 heteroatoms. The van der Waals surface area contributed by atoms with Crippen LogP contribution in [0.15, 0.2) is 41.5 Å². The van der Waals surface area contributed by atoms with E-state index in [9.17, 15) is 4.79 Å². The monoisotopic (exact) mass is 370 g/mol. The molecule has 27 heavy (non-hydrogen) atoms. The van der Waals surface area contributed by atoms with Crippen molar-refractivity contribution in [1.82, 2.24) is 25.3 Å². The Labute approximate surface area is 161 Å². The number of guanidine groups is 1. The molecule has 0 fully saturated rings. The van der Waals surface area contributed by atoms with E-state index in [0.29, 0.717) is 12.5 Å². The van der Waals surface area contributed by atoms with Crippen molar-refractivity contribution in [1.29, 1.82) is 0 Å². The maximum atomic E-state index is 11.9. The van der Waals surface area contributed by atoms with E-state index in [4.69, 9.17) is 0 Å². The third-order valence-electron chi connectivity index (χ3n) is 4.29. The summed E-state index contributed by atoms with van der Waals surface area (Å²) in [5.74, 6) is 0.597. The first-order chi connectivity index (χ1) is 12.9. The summed E-state index contributed by atoms with van der Waals surface area (Å²) in [4.78, 5) is 18.2. The lowest BCUT2D eigenvalue weighted by Crippen LogP contribution is -2.43. The number of aliphatic imine (C=N–C) groups is 1. The van der Waals surface area contributed by atoms with Gasteiger partial charge in [0.25, 0.3) is 0 Å². The predicted octanol–water partition coefficient (Wildman–Crippen LogP) is 1.87. The number of nitrogens with zero attached hydrogens (tertiary/aromatic N) is 4. The number of aromatic nitrogens is 2. The highest BCUT2D eigenvalue weighted by atomic mass is 16.2. The molecule has 1 unspecified atom stereocenters. The molecule has 0 spiro atoms. The summed E-state index contributed by atoms with van der Waals surface area (Å²) in [6, 6.07) is 10.2. The van der Waals surface area contributed by atoms with Crippen LogP contribution in [0.5, 0.6) is 0 Å². The Bertz CT molecular complexity index is 766. The van der Waals surface area contributed by atoms with Gasteiger partial charge in [-0.3, -0.25) is 9.48 Å². The summed E-state index contributed by atoms with van der Waals surface area (Å²) < 4.78 is 1.81. The summed E-state index contributed by atoms with van der Waals surface area (Å²) in [7, 11) is 5.39. The van der Waals surface area contributed by atoms with Crippen molar-refractivity contribution in [2.75, 3.05) is 20.6 Å². The highest BCUT2D eigenvalue weighted by Gasteiger charge is 2.11. The molecule has 1 aromatic heterocycles. The minimum Gasteiger partial charge on any atom is -0.350 e. The molecule has 0 radical (unpaired) electrons. The second-order valence-electron chi connectivity index (χ2n) is 6.71. The number of aryl methyl sites for hydroxylation is 2. The second-order valence-corrected chi connectivity index (χ2v) is 6.71. The van der Waals surface area contributed by atoms with Crippen LogP contribution in [0.1, 0.15) is 36.7 Å². The first-order valence-corrected chi connectivity index (χ1v) is 9.22. The van der Waals surface area contributed by atoms with Gasteiger partial charge in [-0.1, -0.05) is 37.3 Å². The summed E-state index contributed by atoms with van der Waals surface area (Å²) in [5, 5.41) is 11.0. The molecule has 0 aliphatic rings. The second kappa shape index (κ2) is 9.75. The third-order valence-corrected chi connectivity index (χ3v) is 4.29. The van der Waals surface area contributed by atoms with Crippen LogP contribution >= 0.6 is 0 Å². The van der Waals surface area contributed by atoms with Gasteiger partial charge in [-0.05, 0) is 18.9 Å². The quantitative estimate of drug-likeness (QED) is 0.576. The van der Waals surface area contributed by atoms with Crippen molar-refractivity contribution in [3.8, 4) is 0 Å². The zero-order valence-corrected chi connectivity index (χ0v) is 16.9. The molecule has 1 aromatic carbocycles. The van der Waals surface area contributed by atoms with E-state index in [-0.39, 0.29) is 18.5 Å². The van der Waals surface area contributed by atoms with Gasteiger partial charge in [0.2, 0.25) is 5.91 Å². The molecule has 0 aliphatic heterocycles. The number of nitrogens with one attached hydrogen (secondary N) is 2. The van der Waals surface area contributed by atoms with E-state index in [1.165, 1.54) is 0 Å². The van der Waals surface area contributed by atoms with E-state index in [1.807, 2.05) is 36.1 Å². The minimum atomic E-state index is -0.00695. The summed E-state index contributed by atoms with van der Waals surface area (Å²) in [6.45, 7) is 4.85. The molecule has 0 aliphatic carbocycles. The van der Waals surface area contributed by atoms with Gasteiger partial charge in [-0.15, -0.1) is 0 Å². The van der Waals surface area contributed by atoms with E-state index in [1.54, 1.807) is 19.0 Å². The van der Waals surface area contributed by atoms with Gasteiger partial charge < -0.3 is 15.5 Å². The molecule has 0 bridgehead atoms. The lowest BCUT2D eigenvalue weighted by atomic mass is 10.1. The maximum absolute atomic E-state index is 11.9. The van der Waals surface area contributed by atoms with Gasteiger partial charge >= 0.3 is 0 Å². The van der Waals surface area contributed by atoms with Gasteiger partial charge in [0.1, 0.15) is 0 Å². The zero-order chi connectivity index (χ0) is 19.8. The van der Waals surface area contributed by atoms with E-state index < -0.39 is 0 Å². The Hall–Kier alpha value is -2.83. The summed E-state index contributed by atoms with van der Waals surface area (Å²) >= 11 is 0. The van der Waals surface area contributed by atoms with Crippen LogP contribution < -0.4 is 10.6 Å². The highest BCUT2D eigenvalue weighted by Crippen LogP contribution is 2.12. The molecule has 2 N–H and O–H groups in total. The van der Waals surface area contributed by atoms with Crippen LogP contribution in [0.4, 0.5) is 0 Å². The van der Waals surface area contributed by atoms with Gasteiger partial charge in [-0.2, -0.15) is 5.10 Å². The lowest BCUT2D eigenvalue weighted by Gasteiger charge is -2.19. The van der Waals surface area contributed by atoms with Crippen LogP contribution in [0.25, 0.3) is 0 Å². The number of hydrogen-bond acceptors (Lipinski definition) is 3. The smallest absolute Gasteiger partial charge is 0.241 e. The van der Waals surface area contributed by atoms with Crippen LogP contribution in [0.2, 0.25) is 0 Å². The number of hydrogen-bond donors (Lipinski definition) is 2. The van der Waals surface area contributed by atoms with Crippen molar-refractivity contribution >= 4 is 11.9 Å². The van der Waals surface area contributed by atoms with Gasteiger partial charge in [0.15, 0.2) is 5.96 Å². The number of benzene rings is 1. The molecule has 1 amide bonds. The SMILES string of the molecule is CCc1nn(C)cc1CN=C(NCC(=O)N(C)C)NC(C)c1ccccc1. The van der Waals surface area contributed by atoms with Gasteiger partial charge in [-0.25, -0.2) is 4.99 Å². The van der Waals surface area contributed by atoms with E-state index >= 15 is 0 Å².